The number of carbonyl (C=O) groups is 1. The summed E-state index contributed by atoms with van der Waals surface area (Å²) in [4.78, 5) is 30.2. The molecule has 1 N–H and O–H groups in total. The summed E-state index contributed by atoms with van der Waals surface area (Å²) in [6.07, 6.45) is 1.38. The van der Waals surface area contributed by atoms with Crippen LogP contribution in [0.2, 0.25) is 0 Å². The molecule has 0 saturated heterocycles. The SMILES string of the molecule is O=C(Cn1cnc2ccccc2c1=O)NCc1nnc2ccc(-c3cccs3)nn12. The summed E-state index contributed by atoms with van der Waals surface area (Å²) in [6, 6.07) is 14.7. The van der Waals surface area contributed by atoms with E-state index in [0.717, 1.165) is 10.6 Å². The zero-order valence-electron chi connectivity index (χ0n) is 15.6. The van der Waals surface area contributed by atoms with Crippen molar-refractivity contribution in [2.24, 2.45) is 0 Å². The number of fused-ring (bicyclic) bond motifs is 2. The van der Waals surface area contributed by atoms with Crippen LogP contribution in [-0.4, -0.2) is 35.3 Å². The maximum absolute atomic E-state index is 12.5. The Morgan fingerprint density at radius 3 is 2.83 bits per heavy atom. The van der Waals surface area contributed by atoms with Gasteiger partial charge >= 0.3 is 0 Å². The highest BCUT2D eigenvalue weighted by Crippen LogP contribution is 2.22. The van der Waals surface area contributed by atoms with Gasteiger partial charge in [-0.1, -0.05) is 18.2 Å². The molecular weight excluding hydrogens is 402 g/mol. The zero-order chi connectivity index (χ0) is 20.5. The molecule has 0 fully saturated rings. The van der Waals surface area contributed by atoms with Gasteiger partial charge in [0, 0.05) is 0 Å². The molecule has 4 aromatic heterocycles. The van der Waals surface area contributed by atoms with Gasteiger partial charge in [0.2, 0.25) is 5.91 Å². The van der Waals surface area contributed by atoms with Crippen molar-refractivity contribution in [1.29, 1.82) is 0 Å². The van der Waals surface area contributed by atoms with E-state index >= 15 is 0 Å². The largest absolute Gasteiger partial charge is 0.347 e. The molecule has 1 amide bonds. The lowest BCUT2D eigenvalue weighted by atomic mass is 10.2. The summed E-state index contributed by atoms with van der Waals surface area (Å²) < 4.78 is 2.89. The molecule has 5 rings (SSSR count). The molecule has 4 heterocycles. The first-order chi connectivity index (χ1) is 14.7. The zero-order valence-corrected chi connectivity index (χ0v) is 16.4. The number of thiophene rings is 1. The molecule has 9 nitrogen and oxygen atoms in total. The number of nitrogens with zero attached hydrogens (tertiary/aromatic N) is 6. The highest BCUT2D eigenvalue weighted by Gasteiger charge is 2.12. The van der Waals surface area contributed by atoms with Gasteiger partial charge in [-0.25, -0.2) is 4.98 Å². The van der Waals surface area contributed by atoms with Crippen LogP contribution in [-0.2, 0) is 17.9 Å². The number of aromatic nitrogens is 6. The Morgan fingerprint density at radius 1 is 1.07 bits per heavy atom. The molecule has 0 saturated carbocycles. The third-order valence-electron chi connectivity index (χ3n) is 4.59. The predicted octanol–water partition coefficient (Wildman–Crippen LogP) is 1.88. The molecule has 5 aromatic rings. The first-order valence-corrected chi connectivity index (χ1v) is 10.0. The Balaban J connectivity index is 1.33. The maximum atomic E-state index is 12.5. The molecule has 0 atom stereocenters. The fourth-order valence-corrected chi connectivity index (χ4v) is 3.80. The van der Waals surface area contributed by atoms with Crippen molar-refractivity contribution < 1.29 is 4.79 Å². The van der Waals surface area contributed by atoms with Crippen molar-refractivity contribution in [2.45, 2.75) is 13.1 Å². The summed E-state index contributed by atoms with van der Waals surface area (Å²) in [5, 5.41) is 18.0. The molecule has 148 valence electrons. The van der Waals surface area contributed by atoms with Crippen LogP contribution in [0, 0.1) is 0 Å². The van der Waals surface area contributed by atoms with E-state index in [2.05, 4.69) is 25.6 Å². The van der Waals surface area contributed by atoms with E-state index in [1.807, 2.05) is 35.7 Å². The van der Waals surface area contributed by atoms with E-state index in [4.69, 9.17) is 0 Å². The van der Waals surface area contributed by atoms with E-state index in [1.54, 1.807) is 34.1 Å². The van der Waals surface area contributed by atoms with Gasteiger partial charge in [-0.2, -0.15) is 9.61 Å². The van der Waals surface area contributed by atoms with Gasteiger partial charge in [-0.05, 0) is 35.7 Å². The van der Waals surface area contributed by atoms with Gasteiger partial charge in [-0.15, -0.1) is 21.5 Å². The number of nitrogens with one attached hydrogen (secondary N) is 1. The Hall–Kier alpha value is -3.92. The van der Waals surface area contributed by atoms with Crippen molar-refractivity contribution in [3.05, 3.63) is 76.4 Å². The third kappa shape index (κ3) is 3.33. The third-order valence-corrected chi connectivity index (χ3v) is 5.48. The molecule has 0 unspecified atom stereocenters. The molecule has 0 bridgehead atoms. The highest BCUT2D eigenvalue weighted by atomic mass is 32.1. The van der Waals surface area contributed by atoms with Crippen LogP contribution in [0.3, 0.4) is 0 Å². The van der Waals surface area contributed by atoms with Crippen molar-refractivity contribution in [3.8, 4) is 10.6 Å². The minimum absolute atomic E-state index is 0.136. The van der Waals surface area contributed by atoms with Crippen molar-refractivity contribution >= 4 is 33.8 Å². The van der Waals surface area contributed by atoms with Crippen LogP contribution in [0.1, 0.15) is 5.82 Å². The van der Waals surface area contributed by atoms with Gasteiger partial charge in [0.25, 0.3) is 5.56 Å². The van der Waals surface area contributed by atoms with Gasteiger partial charge < -0.3 is 5.32 Å². The molecular formula is C20H15N7O2S. The molecule has 30 heavy (non-hydrogen) atoms. The average Bonchev–Trinajstić information content (AvgIpc) is 3.44. The number of para-hydroxylation sites is 1. The Kier molecular flexibility index (Phi) is 4.52. The molecule has 0 aliphatic rings. The van der Waals surface area contributed by atoms with Crippen LogP contribution in [0.15, 0.2) is 65.0 Å². The molecule has 10 heteroatoms. The maximum Gasteiger partial charge on any atom is 0.261 e. The first-order valence-electron chi connectivity index (χ1n) is 9.15. The van der Waals surface area contributed by atoms with Crippen LogP contribution in [0.25, 0.3) is 27.1 Å². The smallest absolute Gasteiger partial charge is 0.261 e. The van der Waals surface area contributed by atoms with E-state index in [0.29, 0.717) is 22.4 Å². The van der Waals surface area contributed by atoms with Crippen molar-refractivity contribution in [1.82, 2.24) is 34.7 Å². The standard InChI is InChI=1S/C20H15N7O2S/c28-19(11-26-12-22-14-5-2-1-4-13(14)20(26)29)21-10-18-24-23-17-8-7-15(25-27(17)18)16-6-3-9-30-16/h1-9,12H,10-11H2,(H,21,28). The highest BCUT2D eigenvalue weighted by molar-refractivity contribution is 7.13. The number of amides is 1. The number of hydrogen-bond acceptors (Lipinski definition) is 7. The second-order valence-electron chi connectivity index (χ2n) is 6.55. The van der Waals surface area contributed by atoms with E-state index < -0.39 is 0 Å². The minimum atomic E-state index is -0.333. The number of carbonyl (C=O) groups excluding carboxylic acids is 1. The Bertz CT molecular complexity index is 1420. The second-order valence-corrected chi connectivity index (χ2v) is 7.50. The fraction of sp³-hybridized carbons (Fsp3) is 0.100. The predicted molar refractivity (Wildman–Crippen MR) is 112 cm³/mol. The summed E-state index contributed by atoms with van der Waals surface area (Å²) in [6.45, 7) is -0.00205. The molecule has 0 aliphatic carbocycles. The van der Waals surface area contributed by atoms with Crippen LogP contribution >= 0.6 is 11.3 Å². The Labute approximate surface area is 173 Å². The number of rotatable bonds is 5. The summed E-state index contributed by atoms with van der Waals surface area (Å²) in [5.74, 6) is 0.168. The van der Waals surface area contributed by atoms with Crippen LogP contribution in [0.5, 0.6) is 0 Å². The van der Waals surface area contributed by atoms with Crippen molar-refractivity contribution in [3.63, 3.8) is 0 Å². The van der Waals surface area contributed by atoms with Gasteiger partial charge in [-0.3, -0.25) is 14.2 Å². The normalized spacial score (nSPS) is 11.2. The molecule has 1 aromatic carbocycles. The second kappa shape index (κ2) is 7.48. The fourth-order valence-electron chi connectivity index (χ4n) is 3.11. The lowest BCUT2D eigenvalue weighted by Gasteiger charge is -2.07. The monoisotopic (exact) mass is 417 g/mol. The van der Waals surface area contributed by atoms with Crippen LogP contribution in [0.4, 0.5) is 0 Å². The molecule has 0 spiro atoms. The lowest BCUT2D eigenvalue weighted by Crippen LogP contribution is -2.32. The average molecular weight is 417 g/mol. The summed E-state index contributed by atoms with van der Waals surface area (Å²) >= 11 is 1.59. The molecule has 0 radical (unpaired) electrons. The van der Waals surface area contributed by atoms with Gasteiger partial charge in [0.15, 0.2) is 11.5 Å². The summed E-state index contributed by atoms with van der Waals surface area (Å²) in [5.41, 5.74) is 1.74. The van der Waals surface area contributed by atoms with E-state index in [-0.39, 0.29) is 24.6 Å². The van der Waals surface area contributed by atoms with E-state index in [1.165, 1.54) is 10.9 Å². The quantitative estimate of drug-likeness (QED) is 0.468. The van der Waals surface area contributed by atoms with Gasteiger partial charge in [0.05, 0.1) is 28.7 Å². The number of hydrogen-bond donors (Lipinski definition) is 1. The first kappa shape index (κ1) is 18.1. The molecule has 0 aliphatic heterocycles. The van der Waals surface area contributed by atoms with Crippen molar-refractivity contribution in [2.75, 3.05) is 0 Å². The topological polar surface area (TPSA) is 107 Å². The van der Waals surface area contributed by atoms with Crippen LogP contribution < -0.4 is 10.9 Å². The summed E-state index contributed by atoms with van der Waals surface area (Å²) in [7, 11) is 0. The van der Waals surface area contributed by atoms with E-state index in [9.17, 15) is 9.59 Å². The minimum Gasteiger partial charge on any atom is -0.347 e. The lowest BCUT2D eigenvalue weighted by molar-refractivity contribution is -0.121. The number of benzene rings is 1. The Morgan fingerprint density at radius 2 is 1.97 bits per heavy atom. The van der Waals surface area contributed by atoms with Gasteiger partial charge in [0.1, 0.15) is 12.2 Å².